The third kappa shape index (κ3) is 7.08. The number of carbonyl (C=O) groups excluding carboxylic acids is 2. The van der Waals surface area contributed by atoms with E-state index in [4.69, 9.17) is 21.1 Å². The molecule has 0 unspecified atom stereocenters. The minimum absolute atomic E-state index is 0.296. The molecule has 0 atom stereocenters. The second-order valence-electron chi connectivity index (χ2n) is 7.12. The molecule has 3 aromatic rings. The van der Waals surface area contributed by atoms with Crippen molar-refractivity contribution in [2.45, 2.75) is 20.0 Å². The molecule has 0 fully saturated rings. The molecule has 8 heteroatoms. The highest BCUT2D eigenvalue weighted by Gasteiger charge is 2.10. The number of nitrogens with one attached hydrogen (secondary N) is 2. The zero-order valence-corrected chi connectivity index (χ0v) is 19.1. The molecule has 0 aliphatic carbocycles. The molecule has 170 valence electrons. The van der Waals surface area contributed by atoms with E-state index in [9.17, 15) is 9.59 Å². The third-order valence-electron chi connectivity index (χ3n) is 4.67. The number of hydrazone groups is 1. The van der Waals surface area contributed by atoms with Crippen molar-refractivity contribution in [3.63, 3.8) is 0 Å². The molecule has 0 bridgehead atoms. The van der Waals surface area contributed by atoms with Gasteiger partial charge in [-0.05, 0) is 48.4 Å². The van der Waals surface area contributed by atoms with Crippen LogP contribution in [0.2, 0.25) is 5.02 Å². The summed E-state index contributed by atoms with van der Waals surface area (Å²) in [7, 11) is 1.54. The summed E-state index contributed by atoms with van der Waals surface area (Å²) in [6.07, 6.45) is 1.11. The Bertz CT molecular complexity index is 1160. The van der Waals surface area contributed by atoms with Crippen LogP contribution in [-0.2, 0) is 16.2 Å². The van der Waals surface area contributed by atoms with Gasteiger partial charge >= 0.3 is 0 Å². The molecular weight excluding hydrogens is 442 g/mol. The lowest BCUT2D eigenvalue weighted by atomic mass is 10.2. The number of amides is 2. The average Bonchev–Trinajstić information content (AvgIpc) is 2.80. The normalized spacial score (nSPS) is 10.6. The fourth-order valence-electron chi connectivity index (χ4n) is 2.93. The second kappa shape index (κ2) is 11.7. The van der Waals surface area contributed by atoms with Crippen LogP contribution in [0.5, 0.6) is 11.5 Å². The summed E-state index contributed by atoms with van der Waals surface area (Å²) in [4.78, 5) is 24.1. The van der Waals surface area contributed by atoms with Crippen LogP contribution in [0.25, 0.3) is 0 Å². The molecule has 0 saturated carbocycles. The molecule has 0 saturated heterocycles. The van der Waals surface area contributed by atoms with E-state index in [0.717, 1.165) is 11.1 Å². The SMILES string of the molecule is COc1cc(C=NNC(=O)CC(=O)Nc2ccccc2C)ccc1OCc1ccccc1Cl. The number of hydrogen-bond donors (Lipinski definition) is 2. The number of anilines is 1. The van der Waals surface area contributed by atoms with Gasteiger partial charge in [-0.2, -0.15) is 5.10 Å². The smallest absolute Gasteiger partial charge is 0.249 e. The van der Waals surface area contributed by atoms with Gasteiger partial charge in [0.1, 0.15) is 13.0 Å². The van der Waals surface area contributed by atoms with Crippen molar-refractivity contribution in [1.29, 1.82) is 0 Å². The quantitative estimate of drug-likeness (QED) is 0.272. The summed E-state index contributed by atoms with van der Waals surface area (Å²) in [5.74, 6) is 0.115. The Morgan fingerprint density at radius 3 is 2.52 bits per heavy atom. The van der Waals surface area contributed by atoms with E-state index in [0.29, 0.717) is 34.4 Å². The van der Waals surface area contributed by atoms with Gasteiger partial charge in [0, 0.05) is 16.3 Å². The molecule has 33 heavy (non-hydrogen) atoms. The molecule has 0 aliphatic heterocycles. The maximum absolute atomic E-state index is 12.1. The zero-order chi connectivity index (χ0) is 23.6. The Morgan fingerprint density at radius 1 is 1.00 bits per heavy atom. The Hall–Kier alpha value is -3.84. The molecule has 7 nitrogen and oxygen atoms in total. The van der Waals surface area contributed by atoms with E-state index in [-0.39, 0.29) is 6.42 Å². The number of rotatable bonds is 9. The minimum atomic E-state index is -0.524. The first-order valence-electron chi connectivity index (χ1n) is 10.2. The minimum Gasteiger partial charge on any atom is -0.493 e. The van der Waals surface area contributed by atoms with Crippen molar-refractivity contribution < 1.29 is 19.1 Å². The lowest BCUT2D eigenvalue weighted by Gasteiger charge is -2.12. The molecule has 3 aromatic carbocycles. The average molecular weight is 466 g/mol. The number of para-hydroxylation sites is 1. The molecule has 2 amide bonds. The monoisotopic (exact) mass is 465 g/mol. The van der Waals surface area contributed by atoms with Crippen LogP contribution in [0.4, 0.5) is 5.69 Å². The molecule has 0 aromatic heterocycles. The van der Waals surface area contributed by atoms with Crippen molar-refractivity contribution in [3.8, 4) is 11.5 Å². The van der Waals surface area contributed by atoms with E-state index in [2.05, 4.69) is 15.8 Å². The van der Waals surface area contributed by atoms with Crippen LogP contribution in [0.15, 0.2) is 71.8 Å². The molecule has 2 N–H and O–H groups in total. The van der Waals surface area contributed by atoms with Gasteiger partial charge in [0.2, 0.25) is 11.8 Å². The number of methoxy groups -OCH3 is 1. The van der Waals surface area contributed by atoms with Gasteiger partial charge in [0.25, 0.3) is 0 Å². The Balaban J connectivity index is 1.53. The second-order valence-corrected chi connectivity index (χ2v) is 7.53. The Labute approximate surface area is 197 Å². The van der Waals surface area contributed by atoms with Crippen molar-refractivity contribution in [2.24, 2.45) is 5.10 Å². The fraction of sp³-hybridized carbons (Fsp3) is 0.160. The molecule has 0 heterocycles. The van der Waals surface area contributed by atoms with Crippen LogP contribution >= 0.6 is 11.6 Å². The lowest BCUT2D eigenvalue weighted by molar-refractivity contribution is -0.126. The number of hydrogen-bond acceptors (Lipinski definition) is 5. The first-order valence-corrected chi connectivity index (χ1v) is 10.6. The highest BCUT2D eigenvalue weighted by Crippen LogP contribution is 2.29. The summed E-state index contributed by atoms with van der Waals surface area (Å²) in [5.41, 5.74) is 5.48. The number of ether oxygens (including phenoxy) is 2. The van der Waals surface area contributed by atoms with Gasteiger partial charge in [-0.3, -0.25) is 9.59 Å². The molecular formula is C25H24ClN3O4. The predicted octanol–water partition coefficient (Wildman–Crippen LogP) is 4.71. The van der Waals surface area contributed by atoms with Crippen molar-refractivity contribution >= 4 is 35.3 Å². The Kier molecular flexibility index (Phi) is 8.43. The van der Waals surface area contributed by atoms with Gasteiger partial charge in [-0.25, -0.2) is 5.43 Å². The standard InChI is InChI=1S/C25H24ClN3O4/c1-17-7-3-6-10-21(17)28-24(30)14-25(31)29-27-15-18-11-12-22(23(13-18)32-2)33-16-19-8-4-5-9-20(19)26/h3-13,15H,14,16H2,1-2H3,(H,28,30)(H,29,31). The van der Waals surface area contributed by atoms with Gasteiger partial charge in [-0.1, -0.05) is 48.0 Å². The number of aryl methyl sites for hydroxylation is 1. The van der Waals surface area contributed by atoms with Crippen LogP contribution < -0.4 is 20.2 Å². The predicted molar refractivity (Wildman–Crippen MR) is 129 cm³/mol. The van der Waals surface area contributed by atoms with Gasteiger partial charge in [0.05, 0.1) is 13.3 Å². The lowest BCUT2D eigenvalue weighted by Crippen LogP contribution is -2.24. The summed E-state index contributed by atoms with van der Waals surface area (Å²) in [5, 5.41) is 7.25. The Morgan fingerprint density at radius 2 is 1.76 bits per heavy atom. The fourth-order valence-corrected chi connectivity index (χ4v) is 3.12. The molecule has 0 radical (unpaired) electrons. The van der Waals surface area contributed by atoms with E-state index in [1.807, 2.05) is 43.3 Å². The van der Waals surface area contributed by atoms with E-state index < -0.39 is 11.8 Å². The highest BCUT2D eigenvalue weighted by atomic mass is 35.5. The maximum Gasteiger partial charge on any atom is 0.249 e. The van der Waals surface area contributed by atoms with E-state index >= 15 is 0 Å². The van der Waals surface area contributed by atoms with Gasteiger partial charge in [-0.15, -0.1) is 0 Å². The number of halogens is 1. The third-order valence-corrected chi connectivity index (χ3v) is 5.04. The first-order chi connectivity index (χ1) is 16.0. The summed E-state index contributed by atoms with van der Waals surface area (Å²) < 4.78 is 11.2. The number of nitrogens with zero attached hydrogens (tertiary/aromatic N) is 1. The van der Waals surface area contributed by atoms with E-state index in [1.54, 1.807) is 30.3 Å². The summed E-state index contributed by atoms with van der Waals surface area (Å²) in [6, 6.07) is 20.0. The van der Waals surface area contributed by atoms with Crippen molar-refractivity contribution in [1.82, 2.24) is 5.43 Å². The summed E-state index contributed by atoms with van der Waals surface area (Å²) in [6.45, 7) is 2.17. The topological polar surface area (TPSA) is 89.0 Å². The largest absolute Gasteiger partial charge is 0.493 e. The van der Waals surface area contributed by atoms with Crippen molar-refractivity contribution in [3.05, 3.63) is 88.4 Å². The van der Waals surface area contributed by atoms with Crippen LogP contribution in [0, 0.1) is 6.92 Å². The number of benzene rings is 3. The first kappa shape index (κ1) is 23.8. The zero-order valence-electron chi connectivity index (χ0n) is 18.3. The van der Waals surface area contributed by atoms with Gasteiger partial charge in [0.15, 0.2) is 11.5 Å². The van der Waals surface area contributed by atoms with Crippen molar-refractivity contribution in [2.75, 3.05) is 12.4 Å². The van der Waals surface area contributed by atoms with Crippen LogP contribution in [0.1, 0.15) is 23.1 Å². The molecule has 3 rings (SSSR count). The van der Waals surface area contributed by atoms with Crippen LogP contribution in [0.3, 0.4) is 0 Å². The van der Waals surface area contributed by atoms with E-state index in [1.165, 1.54) is 13.3 Å². The molecule has 0 spiro atoms. The maximum atomic E-state index is 12.1. The number of carbonyl (C=O) groups is 2. The molecule has 0 aliphatic rings. The van der Waals surface area contributed by atoms with Gasteiger partial charge < -0.3 is 14.8 Å². The highest BCUT2D eigenvalue weighted by molar-refractivity contribution is 6.31. The summed E-state index contributed by atoms with van der Waals surface area (Å²) >= 11 is 6.16. The van der Waals surface area contributed by atoms with Crippen LogP contribution in [-0.4, -0.2) is 25.1 Å².